The Bertz CT molecular complexity index is 386. The number of carbonyl (C=O) groups excluding carboxylic acids is 1. The van der Waals surface area contributed by atoms with E-state index in [0.29, 0.717) is 12.5 Å². The van der Waals surface area contributed by atoms with Crippen LogP contribution >= 0.6 is 0 Å². The molecule has 0 aromatic heterocycles. The van der Waals surface area contributed by atoms with Gasteiger partial charge in [-0.15, -0.1) is 0 Å². The number of hydrogen-bond acceptors (Lipinski definition) is 2. The SMILES string of the molecule is Cc1ccc(OCC(=O)NCC(C)C)c(C)c1. The van der Waals surface area contributed by atoms with Gasteiger partial charge in [0.1, 0.15) is 5.75 Å². The second-order valence-corrected chi connectivity index (χ2v) is 4.76. The Morgan fingerprint density at radius 2 is 2.06 bits per heavy atom. The van der Waals surface area contributed by atoms with Crippen molar-refractivity contribution >= 4 is 5.91 Å². The van der Waals surface area contributed by atoms with Gasteiger partial charge in [0.25, 0.3) is 5.91 Å². The molecular weight excluding hydrogens is 214 g/mol. The average molecular weight is 235 g/mol. The van der Waals surface area contributed by atoms with Crippen molar-refractivity contribution in [1.29, 1.82) is 0 Å². The molecule has 0 radical (unpaired) electrons. The Morgan fingerprint density at radius 1 is 1.35 bits per heavy atom. The number of amides is 1. The molecule has 0 spiro atoms. The first-order valence-corrected chi connectivity index (χ1v) is 5.96. The van der Waals surface area contributed by atoms with Crippen LogP contribution in [0.2, 0.25) is 0 Å². The maximum absolute atomic E-state index is 11.5. The molecule has 0 aliphatic heterocycles. The second kappa shape index (κ2) is 6.28. The molecule has 1 N–H and O–H groups in total. The van der Waals surface area contributed by atoms with E-state index in [1.165, 1.54) is 5.56 Å². The predicted molar refractivity (Wildman–Crippen MR) is 69.3 cm³/mol. The number of rotatable bonds is 5. The normalized spacial score (nSPS) is 10.4. The van der Waals surface area contributed by atoms with Crippen molar-refractivity contribution in [2.24, 2.45) is 5.92 Å². The zero-order chi connectivity index (χ0) is 12.8. The van der Waals surface area contributed by atoms with E-state index in [4.69, 9.17) is 4.74 Å². The second-order valence-electron chi connectivity index (χ2n) is 4.76. The van der Waals surface area contributed by atoms with Gasteiger partial charge in [-0.25, -0.2) is 0 Å². The molecule has 0 bridgehead atoms. The number of hydrogen-bond donors (Lipinski definition) is 1. The van der Waals surface area contributed by atoms with Crippen molar-refractivity contribution in [2.45, 2.75) is 27.7 Å². The summed E-state index contributed by atoms with van der Waals surface area (Å²) in [7, 11) is 0. The Labute approximate surface area is 103 Å². The zero-order valence-electron chi connectivity index (χ0n) is 11.0. The Hall–Kier alpha value is -1.51. The van der Waals surface area contributed by atoms with E-state index in [0.717, 1.165) is 11.3 Å². The van der Waals surface area contributed by atoms with E-state index in [1.54, 1.807) is 0 Å². The molecule has 17 heavy (non-hydrogen) atoms. The van der Waals surface area contributed by atoms with E-state index >= 15 is 0 Å². The Balaban J connectivity index is 2.42. The quantitative estimate of drug-likeness (QED) is 0.851. The van der Waals surface area contributed by atoms with Crippen molar-refractivity contribution in [3.63, 3.8) is 0 Å². The van der Waals surface area contributed by atoms with Crippen LogP contribution < -0.4 is 10.1 Å². The topological polar surface area (TPSA) is 38.3 Å². The summed E-state index contributed by atoms with van der Waals surface area (Å²) in [4.78, 5) is 11.5. The van der Waals surface area contributed by atoms with Crippen LogP contribution in [-0.4, -0.2) is 19.1 Å². The summed E-state index contributed by atoms with van der Waals surface area (Å²) in [6, 6.07) is 5.93. The summed E-state index contributed by atoms with van der Waals surface area (Å²) in [5.41, 5.74) is 2.25. The fourth-order valence-electron chi connectivity index (χ4n) is 1.47. The van der Waals surface area contributed by atoms with Crippen LogP contribution in [-0.2, 0) is 4.79 Å². The van der Waals surface area contributed by atoms with Crippen LogP contribution in [0.15, 0.2) is 18.2 Å². The average Bonchev–Trinajstić information content (AvgIpc) is 2.25. The van der Waals surface area contributed by atoms with Gasteiger partial charge in [-0.1, -0.05) is 31.5 Å². The number of carbonyl (C=O) groups is 1. The molecule has 3 nitrogen and oxygen atoms in total. The molecule has 0 atom stereocenters. The van der Waals surface area contributed by atoms with Crippen molar-refractivity contribution in [2.75, 3.05) is 13.2 Å². The lowest BCUT2D eigenvalue weighted by Gasteiger charge is -2.11. The summed E-state index contributed by atoms with van der Waals surface area (Å²) in [5, 5.41) is 2.82. The third kappa shape index (κ3) is 4.89. The van der Waals surface area contributed by atoms with Crippen LogP contribution in [0.25, 0.3) is 0 Å². The maximum atomic E-state index is 11.5. The maximum Gasteiger partial charge on any atom is 0.257 e. The van der Waals surface area contributed by atoms with Crippen LogP contribution in [0.5, 0.6) is 5.75 Å². The highest BCUT2D eigenvalue weighted by molar-refractivity contribution is 5.77. The molecule has 94 valence electrons. The van der Waals surface area contributed by atoms with Gasteiger partial charge in [-0.2, -0.15) is 0 Å². The largest absolute Gasteiger partial charge is 0.484 e. The van der Waals surface area contributed by atoms with Gasteiger partial charge >= 0.3 is 0 Å². The molecule has 1 amide bonds. The Kier molecular flexibility index (Phi) is 5.01. The van der Waals surface area contributed by atoms with E-state index in [1.807, 2.05) is 32.0 Å². The van der Waals surface area contributed by atoms with Gasteiger partial charge in [0.15, 0.2) is 6.61 Å². The van der Waals surface area contributed by atoms with Gasteiger partial charge in [-0.05, 0) is 31.4 Å². The molecular formula is C14H21NO2. The molecule has 3 heteroatoms. The summed E-state index contributed by atoms with van der Waals surface area (Å²) in [5.74, 6) is 1.16. The van der Waals surface area contributed by atoms with Crippen molar-refractivity contribution < 1.29 is 9.53 Å². The molecule has 0 saturated carbocycles. The number of ether oxygens (including phenoxy) is 1. The molecule has 0 aliphatic rings. The third-order valence-electron chi connectivity index (χ3n) is 2.40. The molecule has 1 aromatic rings. The summed E-state index contributed by atoms with van der Waals surface area (Å²) >= 11 is 0. The molecule has 0 saturated heterocycles. The predicted octanol–water partition coefficient (Wildman–Crippen LogP) is 2.45. The van der Waals surface area contributed by atoms with Crippen molar-refractivity contribution in [3.05, 3.63) is 29.3 Å². The molecule has 0 unspecified atom stereocenters. The number of benzene rings is 1. The van der Waals surface area contributed by atoms with Crippen LogP contribution in [0.3, 0.4) is 0 Å². The fraction of sp³-hybridized carbons (Fsp3) is 0.500. The van der Waals surface area contributed by atoms with Crippen LogP contribution in [0.4, 0.5) is 0 Å². The molecule has 0 fully saturated rings. The lowest BCUT2D eigenvalue weighted by molar-refractivity contribution is -0.123. The van der Waals surface area contributed by atoms with Crippen LogP contribution in [0, 0.1) is 19.8 Å². The minimum atomic E-state index is -0.0707. The highest BCUT2D eigenvalue weighted by atomic mass is 16.5. The van der Waals surface area contributed by atoms with Gasteiger partial charge in [0.2, 0.25) is 0 Å². The standard InChI is InChI=1S/C14H21NO2/c1-10(2)8-15-14(16)9-17-13-6-5-11(3)7-12(13)4/h5-7,10H,8-9H2,1-4H3,(H,15,16). The fourth-order valence-corrected chi connectivity index (χ4v) is 1.47. The van der Waals surface area contributed by atoms with Gasteiger partial charge < -0.3 is 10.1 Å². The third-order valence-corrected chi connectivity index (χ3v) is 2.40. The highest BCUT2D eigenvalue weighted by Crippen LogP contribution is 2.18. The lowest BCUT2D eigenvalue weighted by atomic mass is 10.1. The lowest BCUT2D eigenvalue weighted by Crippen LogP contribution is -2.31. The zero-order valence-corrected chi connectivity index (χ0v) is 11.0. The number of nitrogens with one attached hydrogen (secondary N) is 1. The minimum absolute atomic E-state index is 0.0707. The molecule has 1 aromatic carbocycles. The van der Waals surface area contributed by atoms with Crippen molar-refractivity contribution in [3.8, 4) is 5.75 Å². The monoisotopic (exact) mass is 235 g/mol. The Morgan fingerprint density at radius 3 is 2.65 bits per heavy atom. The van der Waals surface area contributed by atoms with Gasteiger partial charge in [0, 0.05) is 6.54 Å². The van der Waals surface area contributed by atoms with Crippen molar-refractivity contribution in [1.82, 2.24) is 5.32 Å². The van der Waals surface area contributed by atoms with Gasteiger partial charge in [-0.3, -0.25) is 4.79 Å². The first-order chi connectivity index (χ1) is 7.99. The van der Waals surface area contributed by atoms with E-state index in [9.17, 15) is 4.79 Å². The van der Waals surface area contributed by atoms with E-state index in [-0.39, 0.29) is 12.5 Å². The van der Waals surface area contributed by atoms with Crippen LogP contribution in [0.1, 0.15) is 25.0 Å². The summed E-state index contributed by atoms with van der Waals surface area (Å²) in [6.07, 6.45) is 0. The van der Waals surface area contributed by atoms with E-state index < -0.39 is 0 Å². The first kappa shape index (κ1) is 13.6. The summed E-state index contributed by atoms with van der Waals surface area (Å²) in [6.45, 7) is 8.91. The summed E-state index contributed by atoms with van der Waals surface area (Å²) < 4.78 is 5.47. The number of aryl methyl sites for hydroxylation is 2. The molecule has 1 rings (SSSR count). The molecule has 0 heterocycles. The highest BCUT2D eigenvalue weighted by Gasteiger charge is 2.05. The molecule has 0 aliphatic carbocycles. The van der Waals surface area contributed by atoms with E-state index in [2.05, 4.69) is 19.2 Å². The smallest absolute Gasteiger partial charge is 0.257 e. The first-order valence-electron chi connectivity index (χ1n) is 5.96. The van der Waals surface area contributed by atoms with Gasteiger partial charge in [0.05, 0.1) is 0 Å². The minimum Gasteiger partial charge on any atom is -0.484 e.